The predicted molar refractivity (Wildman–Crippen MR) is 96.5 cm³/mol. The van der Waals surface area contributed by atoms with Gasteiger partial charge in [0.15, 0.2) is 5.78 Å². The van der Waals surface area contributed by atoms with Gasteiger partial charge in [-0.3, -0.25) is 9.59 Å². The van der Waals surface area contributed by atoms with Crippen LogP contribution in [0.25, 0.3) is 0 Å². The second kappa shape index (κ2) is 7.01. The van der Waals surface area contributed by atoms with E-state index < -0.39 is 0 Å². The van der Waals surface area contributed by atoms with Crippen molar-refractivity contribution in [2.24, 2.45) is 28.6 Å². The molecular formula is C21H34O3. The molecule has 0 N–H and O–H groups in total. The first-order chi connectivity index (χ1) is 11.1. The number of esters is 1. The van der Waals surface area contributed by atoms with Crippen molar-refractivity contribution in [3.05, 3.63) is 11.6 Å². The van der Waals surface area contributed by atoms with Gasteiger partial charge in [-0.15, -0.1) is 0 Å². The second-order valence-corrected chi connectivity index (χ2v) is 8.84. The summed E-state index contributed by atoms with van der Waals surface area (Å²) in [5, 5.41) is 0. The van der Waals surface area contributed by atoms with Crippen LogP contribution in [-0.2, 0) is 14.3 Å². The standard InChI is InChI=1S/C21H34O3/c1-14(11-19(23)24-6)7-9-20(4)15(2)8-10-21(5)16(3)12-17(22)13-18(20)21/h12,14-15,18H,7-11,13H2,1-6H3. The van der Waals surface area contributed by atoms with Gasteiger partial charge in [-0.1, -0.05) is 33.3 Å². The average molecular weight is 335 g/mol. The van der Waals surface area contributed by atoms with Gasteiger partial charge < -0.3 is 4.74 Å². The molecule has 0 spiro atoms. The third-order valence-corrected chi connectivity index (χ3v) is 7.39. The molecular weight excluding hydrogens is 300 g/mol. The summed E-state index contributed by atoms with van der Waals surface area (Å²) in [4.78, 5) is 23.8. The van der Waals surface area contributed by atoms with Crippen molar-refractivity contribution in [3.63, 3.8) is 0 Å². The molecule has 0 radical (unpaired) electrons. The van der Waals surface area contributed by atoms with Crippen molar-refractivity contribution in [1.82, 2.24) is 0 Å². The number of hydrogen-bond acceptors (Lipinski definition) is 3. The van der Waals surface area contributed by atoms with Gasteiger partial charge in [0.2, 0.25) is 0 Å². The highest BCUT2D eigenvalue weighted by Gasteiger charge is 2.54. The minimum Gasteiger partial charge on any atom is -0.469 e. The van der Waals surface area contributed by atoms with Gasteiger partial charge in [0.1, 0.15) is 0 Å². The van der Waals surface area contributed by atoms with Gasteiger partial charge in [0, 0.05) is 12.8 Å². The summed E-state index contributed by atoms with van der Waals surface area (Å²) in [5.74, 6) is 1.51. The minimum atomic E-state index is -0.124. The zero-order valence-electron chi connectivity index (χ0n) is 16.3. The van der Waals surface area contributed by atoms with E-state index in [1.807, 2.05) is 6.08 Å². The first-order valence-electron chi connectivity index (χ1n) is 9.42. The molecule has 0 bridgehead atoms. The van der Waals surface area contributed by atoms with E-state index in [9.17, 15) is 9.59 Å². The van der Waals surface area contributed by atoms with Crippen molar-refractivity contribution < 1.29 is 14.3 Å². The van der Waals surface area contributed by atoms with E-state index >= 15 is 0 Å². The van der Waals surface area contributed by atoms with Crippen LogP contribution < -0.4 is 0 Å². The number of fused-ring (bicyclic) bond motifs is 1. The molecule has 0 aromatic rings. The van der Waals surface area contributed by atoms with Crippen molar-refractivity contribution in [2.75, 3.05) is 7.11 Å². The van der Waals surface area contributed by atoms with Crippen LogP contribution in [0, 0.1) is 28.6 Å². The molecule has 5 atom stereocenters. The summed E-state index contributed by atoms with van der Waals surface area (Å²) in [6.07, 6.45) is 7.54. The normalized spacial score (nSPS) is 37.4. The lowest BCUT2D eigenvalue weighted by molar-refractivity contribution is -0.141. The smallest absolute Gasteiger partial charge is 0.305 e. The number of rotatable bonds is 5. The van der Waals surface area contributed by atoms with E-state index in [2.05, 4.69) is 34.6 Å². The molecule has 0 aromatic carbocycles. The third-order valence-electron chi connectivity index (χ3n) is 7.39. The van der Waals surface area contributed by atoms with Crippen LogP contribution in [0.3, 0.4) is 0 Å². The molecule has 0 aliphatic heterocycles. The van der Waals surface area contributed by atoms with Gasteiger partial charge >= 0.3 is 5.97 Å². The highest BCUT2D eigenvalue weighted by atomic mass is 16.5. The van der Waals surface area contributed by atoms with Gasteiger partial charge in [-0.25, -0.2) is 0 Å². The van der Waals surface area contributed by atoms with Crippen molar-refractivity contribution in [1.29, 1.82) is 0 Å². The summed E-state index contributed by atoms with van der Waals surface area (Å²) in [6, 6.07) is 0. The van der Waals surface area contributed by atoms with Gasteiger partial charge in [0.25, 0.3) is 0 Å². The van der Waals surface area contributed by atoms with E-state index in [1.165, 1.54) is 25.5 Å². The fraction of sp³-hybridized carbons (Fsp3) is 0.810. The van der Waals surface area contributed by atoms with Crippen molar-refractivity contribution >= 4 is 11.8 Å². The summed E-state index contributed by atoms with van der Waals surface area (Å²) < 4.78 is 4.80. The van der Waals surface area contributed by atoms with Gasteiger partial charge in [-0.2, -0.15) is 0 Å². The van der Waals surface area contributed by atoms with E-state index in [1.54, 1.807) is 0 Å². The fourth-order valence-corrected chi connectivity index (χ4v) is 5.14. The Morgan fingerprint density at radius 3 is 2.71 bits per heavy atom. The Balaban J connectivity index is 2.17. The first kappa shape index (κ1) is 19.2. The molecule has 3 nitrogen and oxygen atoms in total. The summed E-state index contributed by atoms with van der Waals surface area (Å²) in [5.41, 5.74) is 1.58. The molecule has 2 aliphatic rings. The topological polar surface area (TPSA) is 43.4 Å². The number of ketones is 1. The number of hydrogen-bond donors (Lipinski definition) is 0. The Hall–Kier alpha value is -1.12. The monoisotopic (exact) mass is 334 g/mol. The van der Waals surface area contributed by atoms with E-state index in [4.69, 9.17) is 4.74 Å². The van der Waals surface area contributed by atoms with E-state index in [-0.39, 0.29) is 22.6 Å². The molecule has 1 saturated carbocycles. The van der Waals surface area contributed by atoms with Crippen LogP contribution in [0.2, 0.25) is 0 Å². The Morgan fingerprint density at radius 2 is 2.08 bits per heavy atom. The SMILES string of the molecule is COC(=O)CC(C)CCC1(C)C(C)CCC2(C)C(C)=CC(=O)CC21. The Kier molecular flexibility index (Phi) is 5.61. The highest BCUT2D eigenvalue weighted by molar-refractivity contribution is 5.92. The zero-order valence-corrected chi connectivity index (χ0v) is 16.3. The average Bonchev–Trinajstić information content (AvgIpc) is 2.52. The number of methoxy groups -OCH3 is 1. The maximum absolute atomic E-state index is 12.2. The van der Waals surface area contributed by atoms with Crippen LogP contribution in [0.1, 0.15) is 73.1 Å². The number of allylic oxidation sites excluding steroid dienone is 2. The molecule has 2 rings (SSSR count). The van der Waals surface area contributed by atoms with Crippen LogP contribution in [0.5, 0.6) is 0 Å². The lowest BCUT2D eigenvalue weighted by Crippen LogP contribution is -2.51. The summed E-state index contributed by atoms with van der Waals surface area (Å²) in [7, 11) is 1.45. The van der Waals surface area contributed by atoms with Gasteiger partial charge in [-0.05, 0) is 67.3 Å². The largest absolute Gasteiger partial charge is 0.469 e. The van der Waals surface area contributed by atoms with Crippen LogP contribution in [0.15, 0.2) is 11.6 Å². The third kappa shape index (κ3) is 3.45. The Labute approximate surface area is 147 Å². The zero-order chi connectivity index (χ0) is 18.1. The van der Waals surface area contributed by atoms with E-state index in [0.717, 1.165) is 12.8 Å². The second-order valence-electron chi connectivity index (χ2n) is 8.84. The fourth-order valence-electron chi connectivity index (χ4n) is 5.14. The van der Waals surface area contributed by atoms with Crippen LogP contribution >= 0.6 is 0 Å². The molecule has 3 heteroatoms. The summed E-state index contributed by atoms with van der Waals surface area (Å²) >= 11 is 0. The number of ether oxygens (including phenoxy) is 1. The molecule has 0 saturated heterocycles. The van der Waals surface area contributed by atoms with Crippen LogP contribution in [0.4, 0.5) is 0 Å². The molecule has 0 amide bonds. The maximum atomic E-state index is 12.2. The van der Waals surface area contributed by atoms with Crippen molar-refractivity contribution in [3.8, 4) is 0 Å². The van der Waals surface area contributed by atoms with Crippen LogP contribution in [-0.4, -0.2) is 18.9 Å². The molecule has 136 valence electrons. The Bertz CT molecular complexity index is 535. The minimum absolute atomic E-state index is 0.124. The lowest BCUT2D eigenvalue weighted by atomic mass is 9.46. The summed E-state index contributed by atoms with van der Waals surface area (Å²) in [6.45, 7) is 11.4. The predicted octanol–water partition coefficient (Wildman–Crippen LogP) is 4.94. The molecule has 0 heterocycles. The number of carbonyl (C=O) groups excluding carboxylic acids is 2. The van der Waals surface area contributed by atoms with Crippen molar-refractivity contribution in [2.45, 2.75) is 73.1 Å². The number of carbonyl (C=O) groups is 2. The molecule has 5 unspecified atom stereocenters. The molecule has 2 aliphatic carbocycles. The molecule has 24 heavy (non-hydrogen) atoms. The highest BCUT2D eigenvalue weighted by Crippen LogP contribution is 2.61. The van der Waals surface area contributed by atoms with E-state index in [0.29, 0.717) is 30.6 Å². The quantitative estimate of drug-likeness (QED) is 0.669. The Morgan fingerprint density at radius 1 is 1.42 bits per heavy atom. The lowest BCUT2D eigenvalue weighted by Gasteiger charge is -2.57. The maximum Gasteiger partial charge on any atom is 0.305 e. The molecule has 0 aromatic heterocycles. The van der Waals surface area contributed by atoms with Gasteiger partial charge in [0.05, 0.1) is 7.11 Å². The molecule has 1 fully saturated rings. The first-order valence-corrected chi connectivity index (χ1v) is 9.42.